The van der Waals surface area contributed by atoms with Crippen molar-refractivity contribution in [3.8, 4) is 61.8 Å². The van der Waals surface area contributed by atoms with E-state index in [4.69, 9.17) is 14.4 Å². The zero-order valence-electron chi connectivity index (χ0n) is 33.9. The molecule has 0 bridgehead atoms. The molecule has 0 saturated heterocycles. The van der Waals surface area contributed by atoms with Crippen LogP contribution in [0.4, 0.5) is 0 Å². The van der Waals surface area contributed by atoms with Gasteiger partial charge in [-0.1, -0.05) is 164 Å². The van der Waals surface area contributed by atoms with Gasteiger partial charge in [0.25, 0.3) is 0 Å². The van der Waals surface area contributed by atoms with E-state index in [0.717, 1.165) is 83.6 Å². The second-order valence-electron chi connectivity index (χ2n) is 16.1. The van der Waals surface area contributed by atoms with Crippen molar-refractivity contribution < 1.29 is 4.42 Å². The van der Waals surface area contributed by atoms with Crippen molar-refractivity contribution in [1.82, 2.24) is 14.5 Å². The highest BCUT2D eigenvalue weighted by Gasteiger charge is 2.25. The highest BCUT2D eigenvalue weighted by atomic mass is 32.1. The van der Waals surface area contributed by atoms with E-state index >= 15 is 0 Å². The molecule has 0 N–H and O–H groups in total. The molecule has 0 saturated carbocycles. The summed E-state index contributed by atoms with van der Waals surface area (Å²) in [5.41, 5.74) is 14.5. The van der Waals surface area contributed by atoms with Crippen molar-refractivity contribution >= 4 is 75.3 Å². The number of furan rings is 1. The molecular weight excluding hydrogens is 787 g/mol. The molecule has 4 aromatic heterocycles. The summed E-state index contributed by atoms with van der Waals surface area (Å²) in [7, 11) is 0. The Morgan fingerprint density at radius 3 is 1.56 bits per heavy atom. The predicted molar refractivity (Wildman–Crippen MR) is 264 cm³/mol. The van der Waals surface area contributed by atoms with Gasteiger partial charge in [0.05, 0.1) is 28.1 Å². The molecule has 0 atom stereocenters. The summed E-state index contributed by atoms with van der Waals surface area (Å²) in [5.74, 6) is 0.689. The lowest BCUT2D eigenvalue weighted by molar-refractivity contribution is 0.669. The van der Waals surface area contributed by atoms with Crippen LogP contribution in [0.1, 0.15) is 0 Å². The fourth-order valence-electron chi connectivity index (χ4n) is 9.56. The normalized spacial score (nSPS) is 11.8. The number of aromatic nitrogens is 3. The minimum Gasteiger partial charge on any atom is -0.456 e. The molecule has 0 unspecified atom stereocenters. The lowest BCUT2D eigenvalue weighted by Crippen LogP contribution is -2.02. The summed E-state index contributed by atoms with van der Waals surface area (Å²) in [4.78, 5) is 10.5. The van der Waals surface area contributed by atoms with Gasteiger partial charge in [0.1, 0.15) is 11.2 Å². The van der Waals surface area contributed by atoms with Crippen molar-refractivity contribution in [1.29, 1.82) is 0 Å². The Labute approximate surface area is 366 Å². The summed E-state index contributed by atoms with van der Waals surface area (Å²) < 4.78 is 11.4. The molecule has 0 aliphatic carbocycles. The number of fused-ring (bicyclic) bond motifs is 11. The van der Waals surface area contributed by atoms with Gasteiger partial charge in [-0.3, -0.25) is 0 Å². The van der Waals surface area contributed by atoms with Crippen LogP contribution >= 0.6 is 11.3 Å². The Morgan fingerprint density at radius 2 is 0.889 bits per heavy atom. The van der Waals surface area contributed by atoms with Crippen LogP contribution in [0, 0.1) is 0 Å². The third-order valence-electron chi connectivity index (χ3n) is 12.4. The monoisotopic (exact) mass is 821 g/mol. The van der Waals surface area contributed by atoms with Gasteiger partial charge in [-0.15, -0.1) is 11.3 Å². The number of hydrogen-bond donors (Lipinski definition) is 0. The smallest absolute Gasteiger partial charge is 0.160 e. The first-order valence-corrected chi connectivity index (χ1v) is 22.0. The van der Waals surface area contributed by atoms with Gasteiger partial charge in [-0.05, 0) is 59.7 Å². The van der Waals surface area contributed by atoms with E-state index in [0.29, 0.717) is 5.82 Å². The standard InChI is InChI=1S/C58H35N3OS/c1-5-17-36(18-6-1)45-33-40(48-35-47(38-21-9-3-10-22-38)59-58(60-48)39-23-11-4-12-24-39)34-46(37-19-7-2-8-20-37)55(45)61-49-27-15-13-25-43(49)53-50(61)31-29-41-42-30-32-52-54(57(42)63-56(41)53)44-26-14-16-28-51(44)62-52/h1-35H. The molecule has 9 aromatic carbocycles. The van der Waals surface area contributed by atoms with Crippen molar-refractivity contribution in [3.05, 3.63) is 212 Å². The summed E-state index contributed by atoms with van der Waals surface area (Å²) >= 11 is 1.88. The van der Waals surface area contributed by atoms with Crippen LogP contribution in [0.2, 0.25) is 0 Å². The van der Waals surface area contributed by atoms with E-state index in [1.807, 2.05) is 41.7 Å². The van der Waals surface area contributed by atoms with Crippen LogP contribution in [0.25, 0.3) is 126 Å². The van der Waals surface area contributed by atoms with Gasteiger partial charge in [-0.2, -0.15) is 0 Å². The molecule has 13 rings (SSSR count). The second-order valence-corrected chi connectivity index (χ2v) is 17.1. The minimum atomic E-state index is 0.689. The fourth-order valence-corrected chi connectivity index (χ4v) is 11.0. The van der Waals surface area contributed by atoms with Crippen LogP contribution in [-0.2, 0) is 0 Å². The van der Waals surface area contributed by atoms with Crippen LogP contribution < -0.4 is 0 Å². The first kappa shape index (κ1) is 35.6. The predicted octanol–water partition coefficient (Wildman–Crippen LogP) is 16.2. The van der Waals surface area contributed by atoms with E-state index in [1.54, 1.807) is 0 Å². The topological polar surface area (TPSA) is 43.9 Å². The zero-order valence-corrected chi connectivity index (χ0v) is 34.7. The van der Waals surface area contributed by atoms with Crippen LogP contribution in [-0.4, -0.2) is 14.5 Å². The number of hydrogen-bond acceptors (Lipinski definition) is 4. The minimum absolute atomic E-state index is 0.689. The van der Waals surface area contributed by atoms with Crippen molar-refractivity contribution in [2.75, 3.05) is 0 Å². The Balaban J connectivity index is 1.14. The molecule has 4 nitrogen and oxygen atoms in total. The summed E-state index contributed by atoms with van der Waals surface area (Å²) in [5, 5.41) is 7.32. The van der Waals surface area contributed by atoms with Gasteiger partial charge < -0.3 is 8.98 Å². The average molecular weight is 822 g/mol. The van der Waals surface area contributed by atoms with E-state index in [-0.39, 0.29) is 0 Å². The van der Waals surface area contributed by atoms with E-state index in [9.17, 15) is 0 Å². The molecule has 5 heteroatoms. The Kier molecular flexibility index (Phi) is 8.05. The summed E-state index contributed by atoms with van der Waals surface area (Å²) in [6, 6.07) is 75.4. The first-order valence-electron chi connectivity index (χ1n) is 21.2. The highest BCUT2D eigenvalue weighted by Crippen LogP contribution is 2.49. The molecule has 294 valence electrons. The molecule has 4 heterocycles. The molecule has 0 radical (unpaired) electrons. The van der Waals surface area contributed by atoms with E-state index in [1.165, 1.54) is 36.3 Å². The summed E-state index contributed by atoms with van der Waals surface area (Å²) in [6.45, 7) is 0. The molecule has 13 aromatic rings. The maximum Gasteiger partial charge on any atom is 0.160 e. The molecule has 0 aliphatic rings. The third kappa shape index (κ3) is 5.67. The van der Waals surface area contributed by atoms with Gasteiger partial charge in [0.15, 0.2) is 5.82 Å². The quantitative estimate of drug-likeness (QED) is 0.168. The molecular formula is C58H35N3OS. The van der Waals surface area contributed by atoms with E-state index in [2.05, 4.69) is 187 Å². The average Bonchev–Trinajstić information content (AvgIpc) is 4.04. The Bertz CT molecular complexity index is 3770. The Morgan fingerprint density at radius 1 is 0.365 bits per heavy atom. The molecule has 0 amide bonds. The third-order valence-corrected chi connectivity index (χ3v) is 13.7. The number of benzene rings is 9. The number of nitrogens with zero attached hydrogens (tertiary/aromatic N) is 3. The number of rotatable bonds is 6. The first-order chi connectivity index (χ1) is 31.2. The lowest BCUT2D eigenvalue weighted by Gasteiger charge is -2.21. The van der Waals surface area contributed by atoms with Crippen LogP contribution in [0.5, 0.6) is 0 Å². The van der Waals surface area contributed by atoms with E-state index < -0.39 is 0 Å². The van der Waals surface area contributed by atoms with Crippen LogP contribution in [0.3, 0.4) is 0 Å². The SMILES string of the molecule is c1ccc(-c2cc(-c3cc(-c4ccccc4)c(-n4c5ccccc5c5c6sc7c(ccc8oc9ccccc9c87)c6ccc54)c(-c4ccccc4)c3)nc(-c3ccccc3)n2)cc1. The van der Waals surface area contributed by atoms with Crippen LogP contribution in [0.15, 0.2) is 217 Å². The number of thiophene rings is 1. The molecule has 63 heavy (non-hydrogen) atoms. The van der Waals surface area contributed by atoms with Gasteiger partial charge in [-0.25, -0.2) is 9.97 Å². The van der Waals surface area contributed by atoms with Crippen molar-refractivity contribution in [2.24, 2.45) is 0 Å². The maximum atomic E-state index is 6.38. The molecule has 0 spiro atoms. The van der Waals surface area contributed by atoms with Gasteiger partial charge >= 0.3 is 0 Å². The zero-order chi connectivity index (χ0) is 41.4. The van der Waals surface area contributed by atoms with Crippen molar-refractivity contribution in [3.63, 3.8) is 0 Å². The van der Waals surface area contributed by atoms with Gasteiger partial charge in [0.2, 0.25) is 0 Å². The van der Waals surface area contributed by atoms with Gasteiger partial charge in [0, 0.05) is 69.5 Å². The summed E-state index contributed by atoms with van der Waals surface area (Å²) in [6.07, 6.45) is 0. The fraction of sp³-hybridized carbons (Fsp3) is 0. The molecule has 0 aliphatic heterocycles. The van der Waals surface area contributed by atoms with Crippen molar-refractivity contribution in [2.45, 2.75) is 0 Å². The second kappa shape index (κ2) is 14.2. The maximum absolute atomic E-state index is 6.38. The number of para-hydroxylation sites is 2. The lowest BCUT2D eigenvalue weighted by atomic mass is 9.91. The largest absolute Gasteiger partial charge is 0.456 e. The molecule has 0 fully saturated rings. The Hall–Kier alpha value is -8.12. The highest BCUT2D eigenvalue weighted by molar-refractivity contribution is 7.27.